The zero-order valence-corrected chi connectivity index (χ0v) is 24.2. The van der Waals surface area contributed by atoms with Crippen LogP contribution in [0, 0.1) is 11.8 Å². The molecule has 0 amide bonds. The van der Waals surface area contributed by atoms with Crippen molar-refractivity contribution in [1.29, 1.82) is 0 Å². The zero-order chi connectivity index (χ0) is 28.2. The number of ether oxygens (including phenoxy) is 2. The number of Topliss-reactive ketones (excluding diaryl/α,β-unsaturated/α-hetero) is 1. The number of aromatic nitrogens is 1. The zero-order valence-electron chi connectivity index (χ0n) is 23.4. The highest BCUT2D eigenvalue weighted by Gasteiger charge is 2.23. The summed E-state index contributed by atoms with van der Waals surface area (Å²) in [7, 11) is 1.31. The Bertz CT molecular complexity index is 1160. The smallest absolute Gasteiger partial charge is 0.339 e. The van der Waals surface area contributed by atoms with Crippen LogP contribution in [-0.2, 0) is 11.2 Å². The second-order valence-electron chi connectivity index (χ2n) is 10.5. The molecule has 8 heteroatoms. The van der Waals surface area contributed by atoms with Crippen molar-refractivity contribution >= 4 is 35.8 Å². The molecule has 2 aromatic rings. The first-order valence-electron chi connectivity index (χ1n) is 13.8. The van der Waals surface area contributed by atoms with Gasteiger partial charge in [-0.3, -0.25) is 14.8 Å². The van der Waals surface area contributed by atoms with E-state index in [0.29, 0.717) is 12.3 Å². The number of nitrogens with zero attached hydrogens (tertiary/aromatic N) is 3. The SMILES string of the molecule is CCC(CC(CCC(=O)c1ccccc1CC1CCN=CC=N1)CC(C)C)Oc1nccc(C(=O)OC)c1Cl. The number of methoxy groups -OCH3 is 1. The van der Waals surface area contributed by atoms with Gasteiger partial charge >= 0.3 is 5.97 Å². The van der Waals surface area contributed by atoms with Crippen molar-refractivity contribution in [1.82, 2.24) is 4.98 Å². The van der Waals surface area contributed by atoms with E-state index >= 15 is 0 Å². The van der Waals surface area contributed by atoms with Crippen LogP contribution in [0.3, 0.4) is 0 Å². The van der Waals surface area contributed by atoms with E-state index in [1.165, 1.54) is 19.4 Å². The van der Waals surface area contributed by atoms with Crippen molar-refractivity contribution in [3.05, 3.63) is 58.2 Å². The van der Waals surface area contributed by atoms with Crippen LogP contribution in [0.4, 0.5) is 0 Å². The summed E-state index contributed by atoms with van der Waals surface area (Å²) in [6.07, 6.45) is 10.2. The van der Waals surface area contributed by atoms with Crippen LogP contribution in [0.5, 0.6) is 5.88 Å². The van der Waals surface area contributed by atoms with Crippen LogP contribution in [0.15, 0.2) is 46.5 Å². The number of carbonyl (C=O) groups is 2. The van der Waals surface area contributed by atoms with Gasteiger partial charge in [-0.25, -0.2) is 9.78 Å². The molecule has 0 spiro atoms. The van der Waals surface area contributed by atoms with E-state index in [2.05, 4.69) is 35.7 Å². The fourth-order valence-corrected chi connectivity index (χ4v) is 5.26. The molecule has 39 heavy (non-hydrogen) atoms. The topological polar surface area (TPSA) is 90.2 Å². The highest BCUT2D eigenvalue weighted by molar-refractivity contribution is 6.34. The Morgan fingerprint density at radius 3 is 2.64 bits per heavy atom. The quantitative estimate of drug-likeness (QED) is 0.188. The predicted molar refractivity (Wildman–Crippen MR) is 157 cm³/mol. The average molecular weight is 554 g/mol. The molecule has 1 aliphatic rings. The van der Waals surface area contributed by atoms with Gasteiger partial charge in [-0.15, -0.1) is 0 Å². The van der Waals surface area contributed by atoms with E-state index in [9.17, 15) is 9.59 Å². The van der Waals surface area contributed by atoms with Crippen molar-refractivity contribution in [2.75, 3.05) is 13.7 Å². The summed E-state index contributed by atoms with van der Waals surface area (Å²) in [5, 5.41) is 0.152. The summed E-state index contributed by atoms with van der Waals surface area (Å²) in [4.78, 5) is 38.6. The number of hydrogen-bond acceptors (Lipinski definition) is 7. The lowest BCUT2D eigenvalue weighted by Crippen LogP contribution is -2.22. The maximum atomic E-state index is 13.4. The van der Waals surface area contributed by atoms with Crippen molar-refractivity contribution < 1.29 is 19.1 Å². The maximum Gasteiger partial charge on any atom is 0.339 e. The summed E-state index contributed by atoms with van der Waals surface area (Å²) in [6, 6.07) is 9.55. The Morgan fingerprint density at radius 2 is 1.90 bits per heavy atom. The number of rotatable bonds is 14. The van der Waals surface area contributed by atoms with Crippen LogP contribution < -0.4 is 4.74 Å². The van der Waals surface area contributed by atoms with Gasteiger partial charge in [0.15, 0.2) is 5.78 Å². The number of esters is 1. The summed E-state index contributed by atoms with van der Waals surface area (Å²) >= 11 is 6.42. The van der Waals surface area contributed by atoms with E-state index in [-0.39, 0.29) is 40.3 Å². The van der Waals surface area contributed by atoms with Gasteiger partial charge in [0.05, 0.1) is 18.7 Å². The van der Waals surface area contributed by atoms with Crippen molar-refractivity contribution in [3.8, 4) is 5.88 Å². The fraction of sp³-hybridized carbons (Fsp3) is 0.516. The molecule has 0 bridgehead atoms. The third-order valence-electron chi connectivity index (χ3n) is 7.01. The standard InChI is InChI=1S/C31H40ClN3O4/c1-5-25(39-30-29(32)27(13-15-35-30)31(37)38-4)19-22(18-21(2)3)10-11-28(36)26-9-7-6-8-23(26)20-24-12-14-33-16-17-34-24/h6-9,13,15-17,21-22,24-25H,5,10-12,14,18-20H2,1-4H3. The molecular weight excluding hydrogens is 514 g/mol. The fourth-order valence-electron chi connectivity index (χ4n) is 5.03. The number of aliphatic imine (C=N–C) groups is 2. The highest BCUT2D eigenvalue weighted by atomic mass is 35.5. The van der Waals surface area contributed by atoms with Gasteiger partial charge in [0.2, 0.25) is 5.88 Å². The van der Waals surface area contributed by atoms with Gasteiger partial charge in [0.1, 0.15) is 11.1 Å². The van der Waals surface area contributed by atoms with E-state index in [0.717, 1.165) is 56.2 Å². The molecule has 0 radical (unpaired) electrons. The number of pyridine rings is 1. The molecule has 1 aromatic heterocycles. The van der Waals surface area contributed by atoms with Gasteiger partial charge < -0.3 is 9.47 Å². The number of halogens is 1. The van der Waals surface area contributed by atoms with Crippen LogP contribution in [0.1, 0.15) is 85.6 Å². The van der Waals surface area contributed by atoms with E-state index in [4.69, 9.17) is 21.1 Å². The van der Waals surface area contributed by atoms with E-state index < -0.39 is 5.97 Å². The predicted octanol–water partition coefficient (Wildman–Crippen LogP) is 6.85. The Labute approximate surface area is 237 Å². The number of carbonyl (C=O) groups excluding carboxylic acids is 2. The van der Waals surface area contributed by atoms with Crippen LogP contribution in [-0.4, -0.2) is 55.0 Å². The first-order chi connectivity index (χ1) is 18.8. The molecule has 3 atom stereocenters. The molecule has 1 aromatic carbocycles. The first kappa shape index (κ1) is 30.5. The van der Waals surface area contributed by atoms with Gasteiger partial charge in [0, 0.05) is 37.2 Å². The molecule has 0 N–H and O–H groups in total. The maximum absolute atomic E-state index is 13.4. The Kier molecular flexibility index (Phi) is 12.1. The minimum absolute atomic E-state index is 0.135. The van der Waals surface area contributed by atoms with Gasteiger partial charge in [-0.05, 0) is 62.0 Å². The lowest BCUT2D eigenvalue weighted by atomic mass is 9.85. The lowest BCUT2D eigenvalue weighted by Gasteiger charge is -2.25. The Morgan fingerprint density at radius 1 is 1.10 bits per heavy atom. The van der Waals surface area contributed by atoms with Crippen LogP contribution in [0.25, 0.3) is 0 Å². The number of ketones is 1. The van der Waals surface area contributed by atoms with Gasteiger partial charge in [-0.1, -0.05) is 56.6 Å². The second kappa shape index (κ2) is 15.5. The lowest BCUT2D eigenvalue weighted by molar-refractivity contribution is 0.0599. The summed E-state index contributed by atoms with van der Waals surface area (Å²) in [5.41, 5.74) is 2.07. The van der Waals surface area contributed by atoms with Crippen molar-refractivity contribution in [2.45, 2.75) is 77.9 Å². The molecule has 2 heterocycles. The number of hydrogen-bond donors (Lipinski definition) is 0. The van der Waals surface area contributed by atoms with Crippen molar-refractivity contribution in [3.63, 3.8) is 0 Å². The molecule has 3 unspecified atom stereocenters. The minimum Gasteiger partial charge on any atom is -0.473 e. The molecule has 0 saturated carbocycles. The summed E-state index contributed by atoms with van der Waals surface area (Å²) in [6.45, 7) is 7.20. The molecule has 1 aliphatic heterocycles. The highest BCUT2D eigenvalue weighted by Crippen LogP contribution is 2.31. The number of benzene rings is 1. The Hall–Kier alpha value is -3.06. The summed E-state index contributed by atoms with van der Waals surface area (Å²) < 4.78 is 11.0. The second-order valence-corrected chi connectivity index (χ2v) is 10.8. The summed E-state index contributed by atoms with van der Waals surface area (Å²) in [5.74, 6) is 0.631. The van der Waals surface area contributed by atoms with Gasteiger partial charge in [0.25, 0.3) is 0 Å². The van der Waals surface area contributed by atoms with Crippen LogP contribution in [0.2, 0.25) is 5.02 Å². The molecular formula is C31H40ClN3O4. The monoisotopic (exact) mass is 553 g/mol. The normalized spacial score (nSPS) is 16.5. The third-order valence-corrected chi connectivity index (χ3v) is 7.38. The van der Waals surface area contributed by atoms with Gasteiger partial charge in [-0.2, -0.15) is 0 Å². The first-order valence-corrected chi connectivity index (χ1v) is 14.2. The molecule has 3 rings (SSSR count). The average Bonchev–Trinajstić information content (AvgIpc) is 3.20. The Balaban J connectivity index is 1.67. The third kappa shape index (κ3) is 9.27. The van der Waals surface area contributed by atoms with E-state index in [1.54, 1.807) is 12.4 Å². The largest absolute Gasteiger partial charge is 0.473 e. The minimum atomic E-state index is -0.532. The molecule has 0 aliphatic carbocycles. The van der Waals surface area contributed by atoms with E-state index in [1.807, 2.05) is 24.3 Å². The molecule has 0 fully saturated rings. The molecule has 210 valence electrons. The van der Waals surface area contributed by atoms with Crippen molar-refractivity contribution in [2.24, 2.45) is 21.8 Å². The van der Waals surface area contributed by atoms with Crippen LogP contribution >= 0.6 is 11.6 Å². The molecule has 7 nitrogen and oxygen atoms in total. The molecule has 0 saturated heterocycles.